The molecule has 0 bridgehead atoms. The number of aromatic nitrogens is 2. The zero-order chi connectivity index (χ0) is 15.5. The summed E-state index contributed by atoms with van der Waals surface area (Å²) in [5, 5.41) is 9.32. The molecule has 0 unspecified atom stereocenters. The Morgan fingerprint density at radius 1 is 1.18 bits per heavy atom. The zero-order valence-electron chi connectivity index (χ0n) is 11.4. The van der Waals surface area contributed by atoms with Gasteiger partial charge in [-0.15, -0.1) is 0 Å². The molecular formula is C15H12N4O3. The van der Waals surface area contributed by atoms with Crippen LogP contribution in [0, 0.1) is 0 Å². The molecule has 0 aliphatic carbocycles. The highest BCUT2D eigenvalue weighted by molar-refractivity contribution is 6.04. The Balaban J connectivity index is 1.77. The largest absolute Gasteiger partial charge is 0.463 e. The third kappa shape index (κ3) is 2.73. The molecule has 2 amide bonds. The number of benzene rings is 1. The van der Waals surface area contributed by atoms with Gasteiger partial charge in [0.2, 0.25) is 5.91 Å². The molecule has 2 aromatic heterocycles. The minimum absolute atomic E-state index is 0.205. The second kappa shape index (κ2) is 5.57. The summed E-state index contributed by atoms with van der Waals surface area (Å²) in [5.41, 5.74) is 6.78. The van der Waals surface area contributed by atoms with Crippen molar-refractivity contribution in [3.05, 3.63) is 60.0 Å². The van der Waals surface area contributed by atoms with Crippen LogP contribution >= 0.6 is 0 Å². The van der Waals surface area contributed by atoms with Crippen molar-refractivity contribution < 1.29 is 14.0 Å². The van der Waals surface area contributed by atoms with E-state index < -0.39 is 11.8 Å². The molecule has 110 valence electrons. The lowest BCUT2D eigenvalue weighted by Crippen LogP contribution is -2.14. The van der Waals surface area contributed by atoms with Crippen molar-refractivity contribution in [2.45, 2.75) is 0 Å². The van der Waals surface area contributed by atoms with Crippen LogP contribution in [0.1, 0.15) is 20.8 Å². The molecule has 22 heavy (non-hydrogen) atoms. The Morgan fingerprint density at radius 2 is 2.05 bits per heavy atom. The Bertz CT molecular complexity index is 821. The molecule has 0 fully saturated rings. The van der Waals surface area contributed by atoms with Gasteiger partial charge in [-0.3, -0.25) is 14.7 Å². The van der Waals surface area contributed by atoms with Crippen LogP contribution in [0.25, 0.3) is 11.5 Å². The van der Waals surface area contributed by atoms with Crippen LogP contribution in [-0.2, 0) is 0 Å². The summed E-state index contributed by atoms with van der Waals surface area (Å²) in [5.74, 6) is -0.381. The number of anilines is 1. The number of aromatic amines is 1. The smallest absolute Gasteiger partial charge is 0.276 e. The normalized spacial score (nSPS) is 10.4. The number of carbonyl (C=O) groups is 2. The number of nitrogens with zero attached hydrogens (tertiary/aromatic N) is 1. The number of H-pyrrole nitrogens is 1. The highest BCUT2D eigenvalue weighted by Gasteiger charge is 2.13. The Morgan fingerprint density at radius 3 is 2.77 bits per heavy atom. The summed E-state index contributed by atoms with van der Waals surface area (Å²) in [6.07, 6.45) is 1.53. The third-order valence-electron chi connectivity index (χ3n) is 3.00. The van der Waals surface area contributed by atoms with Gasteiger partial charge in [-0.25, -0.2) is 0 Å². The van der Waals surface area contributed by atoms with Gasteiger partial charge in [-0.05, 0) is 30.3 Å². The monoisotopic (exact) mass is 296 g/mol. The molecule has 0 aliphatic heterocycles. The summed E-state index contributed by atoms with van der Waals surface area (Å²) < 4.78 is 5.22. The highest BCUT2D eigenvalue weighted by Crippen LogP contribution is 2.18. The molecule has 2 heterocycles. The summed E-state index contributed by atoms with van der Waals surface area (Å²) in [4.78, 5) is 23.3. The van der Waals surface area contributed by atoms with Gasteiger partial charge in [-0.1, -0.05) is 6.07 Å². The Hall–Kier alpha value is -3.35. The predicted octanol–water partition coefficient (Wildman–Crippen LogP) is 2.02. The Kier molecular flexibility index (Phi) is 3.45. The lowest BCUT2D eigenvalue weighted by Gasteiger charge is -2.04. The molecule has 7 heteroatoms. The van der Waals surface area contributed by atoms with Gasteiger partial charge in [0.25, 0.3) is 5.91 Å². The van der Waals surface area contributed by atoms with Crippen molar-refractivity contribution in [2.75, 3.05) is 5.32 Å². The molecule has 4 N–H and O–H groups in total. The highest BCUT2D eigenvalue weighted by atomic mass is 16.3. The maximum atomic E-state index is 12.1. The van der Waals surface area contributed by atoms with Gasteiger partial charge < -0.3 is 15.5 Å². The summed E-state index contributed by atoms with van der Waals surface area (Å²) in [7, 11) is 0. The predicted molar refractivity (Wildman–Crippen MR) is 79.2 cm³/mol. The third-order valence-corrected chi connectivity index (χ3v) is 3.00. The van der Waals surface area contributed by atoms with Crippen molar-refractivity contribution in [3.63, 3.8) is 0 Å². The molecule has 3 aromatic rings. The quantitative estimate of drug-likeness (QED) is 0.683. The number of amides is 2. The average Bonchev–Trinajstić information content (AvgIpc) is 3.18. The first-order valence-corrected chi connectivity index (χ1v) is 6.44. The average molecular weight is 296 g/mol. The molecule has 0 aliphatic rings. The molecular weight excluding hydrogens is 284 g/mol. The second-order valence-electron chi connectivity index (χ2n) is 4.54. The molecule has 0 radical (unpaired) electrons. The van der Waals surface area contributed by atoms with Crippen LogP contribution in [0.3, 0.4) is 0 Å². The number of hydrogen-bond donors (Lipinski definition) is 3. The van der Waals surface area contributed by atoms with Crippen LogP contribution in [0.15, 0.2) is 53.1 Å². The first-order chi connectivity index (χ1) is 10.6. The molecule has 0 saturated heterocycles. The first kappa shape index (κ1) is 13.6. The summed E-state index contributed by atoms with van der Waals surface area (Å²) >= 11 is 0. The fourth-order valence-electron chi connectivity index (χ4n) is 1.94. The molecule has 1 aromatic carbocycles. The fourth-order valence-corrected chi connectivity index (χ4v) is 1.94. The van der Waals surface area contributed by atoms with Gasteiger partial charge >= 0.3 is 0 Å². The van der Waals surface area contributed by atoms with E-state index in [9.17, 15) is 9.59 Å². The number of hydrogen-bond acceptors (Lipinski definition) is 4. The number of furan rings is 1. The molecule has 0 atom stereocenters. The van der Waals surface area contributed by atoms with E-state index in [1.165, 1.54) is 12.3 Å². The van der Waals surface area contributed by atoms with E-state index >= 15 is 0 Å². The minimum Gasteiger partial charge on any atom is -0.463 e. The molecule has 7 nitrogen and oxygen atoms in total. The summed E-state index contributed by atoms with van der Waals surface area (Å²) in [6, 6.07) is 11.4. The lowest BCUT2D eigenvalue weighted by atomic mass is 10.2. The second-order valence-corrected chi connectivity index (χ2v) is 4.54. The number of nitrogens with one attached hydrogen (secondary N) is 2. The van der Waals surface area contributed by atoms with Crippen LogP contribution in [0.2, 0.25) is 0 Å². The van der Waals surface area contributed by atoms with E-state index in [4.69, 9.17) is 10.2 Å². The van der Waals surface area contributed by atoms with E-state index in [1.807, 2.05) is 0 Å². The van der Waals surface area contributed by atoms with Crippen LogP contribution < -0.4 is 11.1 Å². The zero-order valence-corrected chi connectivity index (χ0v) is 11.4. The number of carbonyl (C=O) groups excluding carboxylic acids is 2. The Labute approximate surface area is 125 Å². The summed E-state index contributed by atoms with van der Waals surface area (Å²) in [6.45, 7) is 0. The molecule has 0 saturated carbocycles. The van der Waals surface area contributed by atoms with Crippen molar-refractivity contribution in [1.82, 2.24) is 10.2 Å². The lowest BCUT2D eigenvalue weighted by molar-refractivity contribution is 0.0995. The van der Waals surface area contributed by atoms with Crippen molar-refractivity contribution in [3.8, 4) is 11.5 Å². The van der Waals surface area contributed by atoms with Crippen LogP contribution in [0.4, 0.5) is 5.69 Å². The SMILES string of the molecule is NC(=O)c1cccc(NC(=O)c2cc(-c3ccco3)[nH]n2)c1. The number of primary amides is 1. The molecule has 0 spiro atoms. The van der Waals surface area contributed by atoms with Gasteiger partial charge in [0.05, 0.1) is 6.26 Å². The number of rotatable bonds is 4. The first-order valence-electron chi connectivity index (χ1n) is 6.44. The van der Waals surface area contributed by atoms with Crippen molar-refractivity contribution in [2.24, 2.45) is 5.73 Å². The van der Waals surface area contributed by atoms with Gasteiger partial charge in [0.1, 0.15) is 5.69 Å². The maximum absolute atomic E-state index is 12.1. The van der Waals surface area contributed by atoms with Crippen molar-refractivity contribution >= 4 is 17.5 Å². The van der Waals surface area contributed by atoms with E-state index in [1.54, 1.807) is 36.4 Å². The fraction of sp³-hybridized carbons (Fsp3) is 0. The molecule has 3 rings (SSSR count). The minimum atomic E-state index is -0.559. The van der Waals surface area contributed by atoms with E-state index in [-0.39, 0.29) is 5.69 Å². The van der Waals surface area contributed by atoms with Crippen LogP contribution in [-0.4, -0.2) is 22.0 Å². The maximum Gasteiger partial charge on any atom is 0.276 e. The number of nitrogens with two attached hydrogens (primary N) is 1. The topological polar surface area (TPSA) is 114 Å². The van der Waals surface area contributed by atoms with E-state index in [2.05, 4.69) is 15.5 Å². The van der Waals surface area contributed by atoms with E-state index in [0.717, 1.165) is 0 Å². The standard InChI is InChI=1S/C15H12N4O3/c16-14(20)9-3-1-4-10(7-9)17-15(21)12-8-11(18-19-12)13-5-2-6-22-13/h1-8H,(H2,16,20)(H,17,21)(H,18,19). The van der Waals surface area contributed by atoms with Gasteiger partial charge in [0.15, 0.2) is 11.5 Å². The van der Waals surface area contributed by atoms with Gasteiger partial charge in [-0.2, -0.15) is 5.10 Å². The van der Waals surface area contributed by atoms with Crippen LogP contribution in [0.5, 0.6) is 0 Å². The van der Waals surface area contributed by atoms with E-state index in [0.29, 0.717) is 22.7 Å². The van der Waals surface area contributed by atoms with Crippen molar-refractivity contribution in [1.29, 1.82) is 0 Å². The van der Waals surface area contributed by atoms with Gasteiger partial charge in [0, 0.05) is 17.3 Å².